The number of nitrogens with zero attached hydrogens (tertiary/aromatic N) is 2. The van der Waals surface area contributed by atoms with E-state index < -0.39 is 0 Å². The monoisotopic (exact) mass is 356 g/mol. The second-order valence-electron chi connectivity index (χ2n) is 6.50. The van der Waals surface area contributed by atoms with Gasteiger partial charge >= 0.3 is 6.03 Å². The predicted molar refractivity (Wildman–Crippen MR) is 109 cm³/mol. The molecule has 0 aliphatic carbocycles. The summed E-state index contributed by atoms with van der Waals surface area (Å²) in [6.07, 6.45) is 3.96. The second kappa shape index (κ2) is 6.96. The number of hydrogen-bond donors (Lipinski definition) is 2. The molecule has 2 aromatic carbocycles. The molecular formula is C22H20N4O. The molecule has 0 aliphatic heterocycles. The van der Waals surface area contributed by atoms with Gasteiger partial charge in [0, 0.05) is 29.3 Å². The molecule has 27 heavy (non-hydrogen) atoms. The van der Waals surface area contributed by atoms with Crippen molar-refractivity contribution in [2.24, 2.45) is 0 Å². The van der Waals surface area contributed by atoms with Crippen LogP contribution in [0.2, 0.25) is 0 Å². The number of fused-ring (bicyclic) bond motifs is 1. The van der Waals surface area contributed by atoms with E-state index in [1.54, 1.807) is 0 Å². The smallest absolute Gasteiger partial charge is 0.308 e. The number of imidazole rings is 1. The highest BCUT2D eigenvalue weighted by atomic mass is 16.2. The zero-order chi connectivity index (χ0) is 18.8. The molecule has 0 saturated carbocycles. The molecule has 134 valence electrons. The third kappa shape index (κ3) is 3.53. The molecule has 2 aromatic heterocycles. The Morgan fingerprint density at radius 3 is 2.52 bits per heavy atom. The predicted octanol–water partition coefficient (Wildman–Crippen LogP) is 5.26. The summed E-state index contributed by atoms with van der Waals surface area (Å²) in [5, 5.41) is 5.76. The summed E-state index contributed by atoms with van der Waals surface area (Å²) in [7, 11) is 0. The van der Waals surface area contributed by atoms with Crippen LogP contribution in [-0.4, -0.2) is 15.4 Å². The lowest BCUT2D eigenvalue weighted by Gasteiger charge is -2.11. The average molecular weight is 356 g/mol. The van der Waals surface area contributed by atoms with Crippen LogP contribution in [0, 0.1) is 13.8 Å². The molecule has 2 heterocycles. The normalized spacial score (nSPS) is 10.7. The standard InChI is InChI=1S/C22H20N4O/c1-15-6-5-7-19(16(15)2)25-22(27)23-18-11-9-17(10-12-18)20-14-26-13-4-3-8-21(26)24-20/h3-14H,1-2H3,(H2,23,25,27). The molecule has 0 radical (unpaired) electrons. The molecule has 5 heteroatoms. The molecule has 0 saturated heterocycles. The lowest BCUT2D eigenvalue weighted by atomic mass is 10.1. The van der Waals surface area contributed by atoms with Gasteiger partial charge in [-0.05, 0) is 55.3 Å². The number of rotatable bonds is 3. The van der Waals surface area contributed by atoms with Crippen LogP contribution in [0.25, 0.3) is 16.9 Å². The third-order valence-corrected chi connectivity index (χ3v) is 4.66. The number of benzene rings is 2. The molecule has 0 aliphatic rings. The van der Waals surface area contributed by atoms with Crippen molar-refractivity contribution in [2.45, 2.75) is 13.8 Å². The van der Waals surface area contributed by atoms with E-state index >= 15 is 0 Å². The number of amides is 2. The zero-order valence-electron chi connectivity index (χ0n) is 15.2. The van der Waals surface area contributed by atoms with Crippen molar-refractivity contribution >= 4 is 23.1 Å². The van der Waals surface area contributed by atoms with Gasteiger partial charge in [-0.15, -0.1) is 0 Å². The van der Waals surface area contributed by atoms with Crippen molar-refractivity contribution in [3.05, 3.63) is 84.2 Å². The Morgan fingerprint density at radius 2 is 1.74 bits per heavy atom. The van der Waals surface area contributed by atoms with Crippen molar-refractivity contribution in [2.75, 3.05) is 10.6 Å². The van der Waals surface area contributed by atoms with Gasteiger partial charge in [0.1, 0.15) is 5.65 Å². The molecule has 5 nitrogen and oxygen atoms in total. The van der Waals surface area contributed by atoms with Gasteiger partial charge in [-0.2, -0.15) is 0 Å². The average Bonchev–Trinajstić information content (AvgIpc) is 3.10. The van der Waals surface area contributed by atoms with Crippen molar-refractivity contribution < 1.29 is 4.79 Å². The maximum atomic E-state index is 12.3. The molecule has 4 rings (SSSR count). The van der Waals surface area contributed by atoms with E-state index in [-0.39, 0.29) is 6.03 Å². The third-order valence-electron chi connectivity index (χ3n) is 4.66. The van der Waals surface area contributed by atoms with Crippen LogP contribution >= 0.6 is 0 Å². The van der Waals surface area contributed by atoms with Gasteiger partial charge in [-0.1, -0.05) is 30.3 Å². The number of pyridine rings is 1. The minimum atomic E-state index is -0.260. The highest BCUT2D eigenvalue weighted by Gasteiger charge is 2.07. The first-order chi connectivity index (χ1) is 13.1. The Bertz CT molecular complexity index is 1080. The number of urea groups is 1. The van der Waals surface area contributed by atoms with Gasteiger partial charge < -0.3 is 15.0 Å². The van der Waals surface area contributed by atoms with Crippen LogP contribution in [0.1, 0.15) is 11.1 Å². The van der Waals surface area contributed by atoms with Gasteiger partial charge in [0.25, 0.3) is 0 Å². The molecule has 2 N–H and O–H groups in total. The maximum Gasteiger partial charge on any atom is 0.323 e. The highest BCUT2D eigenvalue weighted by molar-refractivity contribution is 6.00. The van der Waals surface area contributed by atoms with E-state index in [0.717, 1.165) is 39.4 Å². The lowest BCUT2D eigenvalue weighted by molar-refractivity contribution is 0.262. The molecule has 0 spiro atoms. The van der Waals surface area contributed by atoms with Gasteiger partial charge in [0.05, 0.1) is 5.69 Å². The van der Waals surface area contributed by atoms with Crippen LogP contribution in [0.15, 0.2) is 73.1 Å². The first kappa shape index (κ1) is 16.8. The van der Waals surface area contributed by atoms with Crippen molar-refractivity contribution in [1.82, 2.24) is 9.38 Å². The number of carbonyl (C=O) groups excluding carboxylic acids is 1. The van der Waals surface area contributed by atoms with E-state index in [0.29, 0.717) is 0 Å². The quantitative estimate of drug-likeness (QED) is 0.526. The van der Waals surface area contributed by atoms with E-state index in [4.69, 9.17) is 0 Å². The van der Waals surface area contributed by atoms with Crippen LogP contribution < -0.4 is 10.6 Å². The number of aryl methyl sites for hydroxylation is 1. The van der Waals surface area contributed by atoms with Crippen LogP contribution in [0.4, 0.5) is 16.2 Å². The van der Waals surface area contributed by atoms with E-state index in [1.165, 1.54) is 0 Å². The van der Waals surface area contributed by atoms with Gasteiger partial charge in [0.2, 0.25) is 0 Å². The SMILES string of the molecule is Cc1cccc(NC(=O)Nc2ccc(-c3cn4ccccc4n3)cc2)c1C. The fraction of sp³-hybridized carbons (Fsp3) is 0.0909. The van der Waals surface area contributed by atoms with Gasteiger partial charge in [-0.25, -0.2) is 9.78 Å². The maximum absolute atomic E-state index is 12.3. The minimum absolute atomic E-state index is 0.260. The molecule has 4 aromatic rings. The van der Waals surface area contributed by atoms with Gasteiger partial charge in [0.15, 0.2) is 0 Å². The zero-order valence-corrected chi connectivity index (χ0v) is 15.2. The summed E-state index contributed by atoms with van der Waals surface area (Å²) in [6, 6.07) is 19.2. The van der Waals surface area contributed by atoms with Crippen molar-refractivity contribution in [1.29, 1.82) is 0 Å². The second-order valence-corrected chi connectivity index (χ2v) is 6.50. The Morgan fingerprint density at radius 1 is 0.926 bits per heavy atom. The Labute approximate surface area is 157 Å². The fourth-order valence-electron chi connectivity index (χ4n) is 2.97. The van der Waals surface area contributed by atoms with Crippen LogP contribution in [0.5, 0.6) is 0 Å². The van der Waals surface area contributed by atoms with Crippen LogP contribution in [-0.2, 0) is 0 Å². The summed E-state index contributed by atoms with van der Waals surface area (Å²) in [5.74, 6) is 0. The van der Waals surface area contributed by atoms with Crippen LogP contribution in [0.3, 0.4) is 0 Å². The number of aromatic nitrogens is 2. The van der Waals surface area contributed by atoms with Crippen molar-refractivity contribution in [3.8, 4) is 11.3 Å². The van der Waals surface area contributed by atoms with E-state index in [1.807, 2.05) is 91.3 Å². The number of hydrogen-bond acceptors (Lipinski definition) is 2. The van der Waals surface area contributed by atoms with Gasteiger partial charge in [-0.3, -0.25) is 0 Å². The molecule has 2 amide bonds. The topological polar surface area (TPSA) is 58.4 Å². The Hall–Kier alpha value is -3.60. The van der Waals surface area contributed by atoms with E-state index in [2.05, 4.69) is 15.6 Å². The molecule has 0 unspecified atom stereocenters. The number of carbonyl (C=O) groups is 1. The first-order valence-corrected chi connectivity index (χ1v) is 8.78. The summed E-state index contributed by atoms with van der Waals surface area (Å²) in [5.41, 5.74) is 6.55. The first-order valence-electron chi connectivity index (χ1n) is 8.78. The fourth-order valence-corrected chi connectivity index (χ4v) is 2.97. The molecule has 0 fully saturated rings. The largest absolute Gasteiger partial charge is 0.323 e. The Kier molecular flexibility index (Phi) is 4.34. The minimum Gasteiger partial charge on any atom is -0.308 e. The number of anilines is 2. The lowest BCUT2D eigenvalue weighted by Crippen LogP contribution is -2.20. The summed E-state index contributed by atoms with van der Waals surface area (Å²) in [6.45, 7) is 4.02. The van der Waals surface area contributed by atoms with Crippen molar-refractivity contribution in [3.63, 3.8) is 0 Å². The summed E-state index contributed by atoms with van der Waals surface area (Å²) < 4.78 is 1.99. The summed E-state index contributed by atoms with van der Waals surface area (Å²) >= 11 is 0. The summed E-state index contributed by atoms with van der Waals surface area (Å²) in [4.78, 5) is 16.9. The molecular weight excluding hydrogens is 336 g/mol. The molecule has 0 atom stereocenters. The van der Waals surface area contributed by atoms with E-state index in [9.17, 15) is 4.79 Å². The number of nitrogens with one attached hydrogen (secondary N) is 2. The molecule has 0 bridgehead atoms. The highest BCUT2D eigenvalue weighted by Crippen LogP contribution is 2.22. The Balaban J connectivity index is 1.47.